The van der Waals surface area contributed by atoms with Gasteiger partial charge >= 0.3 is 0 Å². The van der Waals surface area contributed by atoms with E-state index in [1.807, 2.05) is 74.0 Å². The smallest absolute Gasteiger partial charge is 0.252 e. The molecule has 3 aromatic rings. The van der Waals surface area contributed by atoms with Gasteiger partial charge < -0.3 is 15.2 Å². The van der Waals surface area contributed by atoms with Gasteiger partial charge in [-0.1, -0.05) is 60.3 Å². The summed E-state index contributed by atoms with van der Waals surface area (Å²) >= 11 is 1.32. The van der Waals surface area contributed by atoms with Crippen LogP contribution < -0.4 is 10.6 Å². The zero-order chi connectivity index (χ0) is 22.2. The van der Waals surface area contributed by atoms with Crippen molar-refractivity contribution in [2.45, 2.75) is 31.5 Å². The molecule has 0 radical (unpaired) electrons. The van der Waals surface area contributed by atoms with Crippen LogP contribution in [0.5, 0.6) is 0 Å². The highest BCUT2D eigenvalue weighted by Crippen LogP contribution is 2.19. The number of carbonyl (C=O) groups is 2. The van der Waals surface area contributed by atoms with E-state index in [0.29, 0.717) is 23.1 Å². The maximum absolute atomic E-state index is 12.6. The Bertz CT molecular complexity index is 1040. The molecule has 2 N–H and O–H groups in total. The maximum Gasteiger partial charge on any atom is 0.252 e. The summed E-state index contributed by atoms with van der Waals surface area (Å²) in [5, 5.41) is 14.9. The SMILES string of the molecule is Cc1ccccc1C(=O)NC(C)c1nnc(SCC(=O)NCCc2ccccc2)n1C. The number of aromatic nitrogens is 3. The number of amides is 2. The van der Waals surface area contributed by atoms with E-state index in [-0.39, 0.29) is 23.6 Å². The third kappa shape index (κ3) is 6.18. The molecule has 0 saturated heterocycles. The molecule has 7 nitrogen and oxygen atoms in total. The molecule has 2 amide bonds. The Morgan fingerprint density at radius 3 is 2.52 bits per heavy atom. The highest BCUT2D eigenvalue weighted by Gasteiger charge is 2.19. The lowest BCUT2D eigenvalue weighted by atomic mass is 10.1. The van der Waals surface area contributed by atoms with E-state index in [2.05, 4.69) is 20.8 Å². The first-order valence-corrected chi connectivity index (χ1v) is 11.1. The first-order valence-electron chi connectivity index (χ1n) is 10.1. The predicted octanol–water partition coefficient (Wildman–Crippen LogP) is 3.07. The molecule has 0 bridgehead atoms. The number of thioether (sulfide) groups is 1. The first-order chi connectivity index (χ1) is 15.0. The Morgan fingerprint density at radius 2 is 1.77 bits per heavy atom. The number of aryl methyl sites for hydroxylation is 1. The number of carbonyl (C=O) groups excluding carboxylic acids is 2. The van der Waals surface area contributed by atoms with Crippen molar-refractivity contribution in [3.8, 4) is 0 Å². The van der Waals surface area contributed by atoms with Crippen LogP contribution in [-0.2, 0) is 18.3 Å². The van der Waals surface area contributed by atoms with Gasteiger partial charge in [-0.15, -0.1) is 10.2 Å². The minimum atomic E-state index is -0.321. The Morgan fingerprint density at radius 1 is 1.06 bits per heavy atom. The minimum Gasteiger partial charge on any atom is -0.355 e. The van der Waals surface area contributed by atoms with Crippen LogP contribution in [0.4, 0.5) is 0 Å². The summed E-state index contributed by atoms with van der Waals surface area (Å²) in [5.74, 6) is 0.686. The molecule has 1 atom stereocenters. The monoisotopic (exact) mass is 437 g/mol. The molecule has 2 aromatic carbocycles. The highest BCUT2D eigenvalue weighted by molar-refractivity contribution is 7.99. The van der Waals surface area contributed by atoms with Gasteiger partial charge in [0.1, 0.15) is 0 Å². The van der Waals surface area contributed by atoms with Gasteiger partial charge in [-0.2, -0.15) is 0 Å². The third-order valence-electron chi connectivity index (χ3n) is 4.90. The second-order valence-corrected chi connectivity index (χ2v) is 8.23. The fourth-order valence-electron chi connectivity index (χ4n) is 3.17. The number of benzene rings is 2. The van der Waals surface area contributed by atoms with Crippen LogP contribution in [0.1, 0.15) is 40.3 Å². The normalized spacial score (nSPS) is 11.7. The summed E-state index contributed by atoms with van der Waals surface area (Å²) in [5.41, 5.74) is 2.74. The van der Waals surface area contributed by atoms with Gasteiger partial charge in [-0.05, 0) is 37.5 Å². The molecule has 0 saturated carbocycles. The van der Waals surface area contributed by atoms with Crippen LogP contribution in [0.3, 0.4) is 0 Å². The van der Waals surface area contributed by atoms with Gasteiger partial charge in [-0.25, -0.2) is 0 Å². The van der Waals surface area contributed by atoms with Crippen LogP contribution in [0.2, 0.25) is 0 Å². The van der Waals surface area contributed by atoms with Crippen molar-refractivity contribution in [1.82, 2.24) is 25.4 Å². The third-order valence-corrected chi connectivity index (χ3v) is 5.92. The van der Waals surface area contributed by atoms with Crippen LogP contribution in [0.15, 0.2) is 59.8 Å². The van der Waals surface area contributed by atoms with Gasteiger partial charge in [0.15, 0.2) is 11.0 Å². The molecule has 1 unspecified atom stereocenters. The standard InChI is InChI=1S/C23H27N5O2S/c1-16-9-7-8-12-19(16)22(30)25-17(2)21-26-27-23(28(21)3)31-15-20(29)24-14-13-18-10-5-4-6-11-18/h4-12,17H,13-15H2,1-3H3,(H,24,29)(H,25,30). The van der Waals surface area contributed by atoms with Crippen molar-refractivity contribution < 1.29 is 9.59 Å². The Balaban J connectivity index is 1.49. The molecular weight excluding hydrogens is 410 g/mol. The van der Waals surface area contributed by atoms with Gasteiger partial charge in [-0.3, -0.25) is 9.59 Å². The minimum absolute atomic E-state index is 0.0496. The molecule has 31 heavy (non-hydrogen) atoms. The zero-order valence-electron chi connectivity index (χ0n) is 18.0. The Labute approximate surface area is 186 Å². The van der Waals surface area contributed by atoms with E-state index in [9.17, 15) is 9.59 Å². The number of nitrogens with one attached hydrogen (secondary N) is 2. The second-order valence-electron chi connectivity index (χ2n) is 7.28. The fourth-order valence-corrected chi connectivity index (χ4v) is 3.92. The quantitative estimate of drug-likeness (QED) is 0.502. The second kappa shape index (κ2) is 10.8. The fraction of sp³-hybridized carbons (Fsp3) is 0.304. The van der Waals surface area contributed by atoms with E-state index in [4.69, 9.17) is 0 Å². The van der Waals surface area contributed by atoms with Crippen molar-refractivity contribution in [2.75, 3.05) is 12.3 Å². The summed E-state index contributed by atoms with van der Waals surface area (Å²) < 4.78 is 1.81. The lowest BCUT2D eigenvalue weighted by Crippen LogP contribution is -2.29. The van der Waals surface area contributed by atoms with Gasteiger partial charge in [0.2, 0.25) is 5.91 Å². The van der Waals surface area contributed by atoms with Gasteiger partial charge in [0.05, 0.1) is 11.8 Å². The van der Waals surface area contributed by atoms with E-state index in [1.165, 1.54) is 17.3 Å². The van der Waals surface area contributed by atoms with Crippen molar-refractivity contribution in [1.29, 1.82) is 0 Å². The first kappa shape index (κ1) is 22.6. The summed E-state index contributed by atoms with van der Waals surface area (Å²) in [6, 6.07) is 17.2. The summed E-state index contributed by atoms with van der Waals surface area (Å²) in [4.78, 5) is 24.7. The van der Waals surface area contributed by atoms with Crippen molar-refractivity contribution in [3.05, 3.63) is 77.1 Å². The molecular formula is C23H27N5O2S. The van der Waals surface area contributed by atoms with E-state index in [1.54, 1.807) is 6.07 Å². The van der Waals surface area contributed by atoms with E-state index in [0.717, 1.165) is 12.0 Å². The Hall–Kier alpha value is -3.13. The maximum atomic E-state index is 12.6. The van der Waals surface area contributed by atoms with Gasteiger partial charge in [0, 0.05) is 19.2 Å². The summed E-state index contributed by atoms with van der Waals surface area (Å²) in [6.45, 7) is 4.36. The molecule has 1 aromatic heterocycles. The predicted molar refractivity (Wildman–Crippen MR) is 122 cm³/mol. The topological polar surface area (TPSA) is 88.9 Å². The number of hydrogen-bond acceptors (Lipinski definition) is 5. The van der Waals surface area contributed by atoms with E-state index >= 15 is 0 Å². The average Bonchev–Trinajstić information content (AvgIpc) is 3.13. The van der Waals surface area contributed by atoms with Crippen molar-refractivity contribution >= 4 is 23.6 Å². The molecule has 0 aliphatic heterocycles. The average molecular weight is 438 g/mol. The molecule has 3 rings (SSSR count). The van der Waals surface area contributed by atoms with Crippen LogP contribution >= 0.6 is 11.8 Å². The van der Waals surface area contributed by atoms with E-state index < -0.39 is 0 Å². The molecule has 0 aliphatic carbocycles. The summed E-state index contributed by atoms with van der Waals surface area (Å²) in [7, 11) is 1.83. The molecule has 0 spiro atoms. The largest absolute Gasteiger partial charge is 0.355 e. The Kier molecular flexibility index (Phi) is 7.83. The molecule has 162 valence electrons. The highest BCUT2D eigenvalue weighted by atomic mass is 32.2. The van der Waals surface area contributed by atoms with Crippen LogP contribution in [-0.4, -0.2) is 38.9 Å². The molecule has 8 heteroatoms. The zero-order valence-corrected chi connectivity index (χ0v) is 18.8. The van der Waals surface area contributed by atoms with Crippen molar-refractivity contribution in [3.63, 3.8) is 0 Å². The van der Waals surface area contributed by atoms with Crippen molar-refractivity contribution in [2.24, 2.45) is 7.05 Å². The number of nitrogens with zero attached hydrogens (tertiary/aromatic N) is 3. The number of rotatable bonds is 9. The van der Waals surface area contributed by atoms with Crippen LogP contribution in [0.25, 0.3) is 0 Å². The lowest BCUT2D eigenvalue weighted by Gasteiger charge is -2.14. The van der Waals surface area contributed by atoms with Gasteiger partial charge in [0.25, 0.3) is 5.91 Å². The molecule has 0 aliphatic rings. The molecule has 0 fully saturated rings. The number of hydrogen-bond donors (Lipinski definition) is 2. The summed E-state index contributed by atoms with van der Waals surface area (Å²) in [6.07, 6.45) is 0.795. The lowest BCUT2D eigenvalue weighted by molar-refractivity contribution is -0.118. The van der Waals surface area contributed by atoms with Crippen LogP contribution in [0, 0.1) is 6.92 Å². The molecule has 1 heterocycles.